The molecule has 2 aromatic rings. The fraction of sp³-hybridized carbons (Fsp3) is 0.333. The van der Waals surface area contributed by atoms with Crippen molar-refractivity contribution in [1.29, 1.82) is 0 Å². The van der Waals surface area contributed by atoms with Crippen molar-refractivity contribution in [3.8, 4) is 5.75 Å². The Morgan fingerprint density at radius 2 is 1.59 bits per heavy atom. The maximum absolute atomic E-state index is 12.5. The van der Waals surface area contributed by atoms with Gasteiger partial charge < -0.3 is 14.4 Å². The fourth-order valence-electron chi connectivity index (χ4n) is 3.13. The Morgan fingerprint density at radius 3 is 2.28 bits per heavy atom. The van der Waals surface area contributed by atoms with Crippen LogP contribution in [0, 0.1) is 0 Å². The molecule has 1 saturated heterocycles. The molecular weight excluding hydrogens is 382 g/mol. The number of carbonyl (C=O) groups is 2. The summed E-state index contributed by atoms with van der Waals surface area (Å²) in [5.41, 5.74) is 1.07. The Labute approximate surface area is 167 Å². The fourth-order valence-corrected chi connectivity index (χ4v) is 3.13. The van der Waals surface area contributed by atoms with E-state index in [2.05, 4.69) is 21.8 Å². The van der Waals surface area contributed by atoms with E-state index in [1.54, 1.807) is 4.90 Å². The van der Waals surface area contributed by atoms with E-state index in [9.17, 15) is 18.4 Å². The molecule has 0 aromatic heterocycles. The monoisotopic (exact) mass is 404 g/mol. The molecule has 154 valence electrons. The normalized spacial score (nSPS) is 14.7. The van der Waals surface area contributed by atoms with E-state index >= 15 is 0 Å². The van der Waals surface area contributed by atoms with Crippen LogP contribution < -0.4 is 4.74 Å². The van der Waals surface area contributed by atoms with Crippen LogP contribution in [0.15, 0.2) is 54.6 Å². The van der Waals surface area contributed by atoms with Gasteiger partial charge in [-0.2, -0.15) is 8.78 Å². The molecule has 6 nitrogen and oxygen atoms in total. The molecule has 8 heteroatoms. The minimum atomic E-state index is -3.06. The van der Waals surface area contributed by atoms with Gasteiger partial charge in [0.05, 0.1) is 0 Å². The number of para-hydroxylation sites is 1. The zero-order chi connectivity index (χ0) is 20.6. The molecule has 1 heterocycles. The van der Waals surface area contributed by atoms with Crippen LogP contribution >= 0.6 is 0 Å². The van der Waals surface area contributed by atoms with Crippen LogP contribution in [0.2, 0.25) is 0 Å². The van der Waals surface area contributed by atoms with Crippen molar-refractivity contribution < 1.29 is 27.8 Å². The standard InChI is InChI=1S/C21H22F2N2O4/c22-21(23)29-18-9-5-4-8-17(18)20(27)28-15-19(26)25-12-10-24(11-13-25)14-16-6-2-1-3-7-16/h1-9,21H,10-15H2. The second-order valence-electron chi connectivity index (χ2n) is 6.59. The van der Waals surface area contributed by atoms with Gasteiger partial charge in [-0.1, -0.05) is 42.5 Å². The quantitative estimate of drug-likeness (QED) is 0.665. The highest BCUT2D eigenvalue weighted by molar-refractivity contribution is 5.94. The summed E-state index contributed by atoms with van der Waals surface area (Å²) in [5.74, 6) is -1.48. The van der Waals surface area contributed by atoms with Gasteiger partial charge in [0.15, 0.2) is 6.61 Å². The molecule has 1 aliphatic heterocycles. The number of carbonyl (C=O) groups excluding carboxylic acids is 2. The maximum Gasteiger partial charge on any atom is 0.387 e. The smallest absolute Gasteiger partial charge is 0.387 e. The van der Waals surface area contributed by atoms with Gasteiger partial charge in [-0.25, -0.2) is 4.79 Å². The lowest BCUT2D eigenvalue weighted by Crippen LogP contribution is -2.49. The first-order valence-corrected chi connectivity index (χ1v) is 9.28. The van der Waals surface area contributed by atoms with E-state index < -0.39 is 19.2 Å². The summed E-state index contributed by atoms with van der Waals surface area (Å²) in [6.07, 6.45) is 0. The van der Waals surface area contributed by atoms with Gasteiger partial charge in [0.2, 0.25) is 0 Å². The Hall–Kier alpha value is -3.00. The molecule has 0 radical (unpaired) electrons. The van der Waals surface area contributed by atoms with Crippen LogP contribution in [0.3, 0.4) is 0 Å². The van der Waals surface area contributed by atoms with Gasteiger partial charge in [-0.15, -0.1) is 0 Å². The average Bonchev–Trinajstić information content (AvgIpc) is 2.73. The summed E-state index contributed by atoms with van der Waals surface area (Å²) in [6.45, 7) is -0.168. The van der Waals surface area contributed by atoms with Gasteiger partial charge in [0, 0.05) is 32.7 Å². The van der Waals surface area contributed by atoms with Crippen LogP contribution in [-0.4, -0.2) is 61.1 Å². The van der Waals surface area contributed by atoms with Crippen molar-refractivity contribution >= 4 is 11.9 Å². The van der Waals surface area contributed by atoms with Crippen LogP contribution in [0.1, 0.15) is 15.9 Å². The molecule has 0 unspecified atom stereocenters. The first-order valence-electron chi connectivity index (χ1n) is 9.28. The number of rotatable bonds is 7. The molecule has 0 spiro atoms. The largest absolute Gasteiger partial charge is 0.452 e. The molecular formula is C21H22F2N2O4. The van der Waals surface area contributed by atoms with Gasteiger partial charge in [-0.3, -0.25) is 9.69 Å². The van der Waals surface area contributed by atoms with Crippen molar-refractivity contribution in [2.45, 2.75) is 13.2 Å². The minimum Gasteiger partial charge on any atom is -0.452 e. The molecule has 29 heavy (non-hydrogen) atoms. The van der Waals surface area contributed by atoms with E-state index in [-0.39, 0.29) is 17.2 Å². The SMILES string of the molecule is O=C(OCC(=O)N1CCN(Cc2ccccc2)CC1)c1ccccc1OC(F)F. The molecule has 1 fully saturated rings. The summed E-state index contributed by atoms with van der Waals surface area (Å²) in [4.78, 5) is 28.4. The number of esters is 1. The molecule has 1 amide bonds. The Balaban J connectivity index is 1.46. The van der Waals surface area contributed by atoms with Crippen LogP contribution in [0.4, 0.5) is 8.78 Å². The lowest BCUT2D eigenvalue weighted by molar-refractivity contribution is -0.136. The van der Waals surface area contributed by atoms with Gasteiger partial charge in [0.25, 0.3) is 5.91 Å². The predicted molar refractivity (Wildman–Crippen MR) is 102 cm³/mol. The number of halogens is 2. The number of ether oxygens (including phenoxy) is 2. The summed E-state index contributed by atoms with van der Waals surface area (Å²) in [6, 6.07) is 15.6. The van der Waals surface area contributed by atoms with Gasteiger partial charge in [0.1, 0.15) is 11.3 Å². The maximum atomic E-state index is 12.5. The highest BCUT2D eigenvalue weighted by atomic mass is 19.3. The molecule has 0 atom stereocenters. The summed E-state index contributed by atoms with van der Waals surface area (Å²) >= 11 is 0. The molecule has 0 aliphatic carbocycles. The van der Waals surface area contributed by atoms with Gasteiger partial charge in [-0.05, 0) is 17.7 Å². The molecule has 0 N–H and O–H groups in total. The van der Waals surface area contributed by atoms with Crippen molar-refractivity contribution in [3.63, 3.8) is 0 Å². The van der Waals surface area contributed by atoms with E-state index in [1.165, 1.54) is 29.8 Å². The Morgan fingerprint density at radius 1 is 0.931 bits per heavy atom. The van der Waals surface area contributed by atoms with Crippen LogP contribution in [-0.2, 0) is 16.1 Å². The van der Waals surface area contributed by atoms with Gasteiger partial charge >= 0.3 is 12.6 Å². The second-order valence-corrected chi connectivity index (χ2v) is 6.59. The Bertz CT molecular complexity index is 824. The van der Waals surface area contributed by atoms with Crippen molar-refractivity contribution in [3.05, 3.63) is 65.7 Å². The van der Waals surface area contributed by atoms with Crippen molar-refractivity contribution in [1.82, 2.24) is 9.80 Å². The Kier molecular flexibility index (Phi) is 7.13. The first-order chi connectivity index (χ1) is 14.0. The third-order valence-electron chi connectivity index (χ3n) is 4.62. The average molecular weight is 404 g/mol. The zero-order valence-electron chi connectivity index (χ0n) is 15.8. The molecule has 2 aromatic carbocycles. The number of piperazine rings is 1. The number of amides is 1. The number of benzene rings is 2. The lowest BCUT2D eigenvalue weighted by atomic mass is 10.2. The summed E-state index contributed by atoms with van der Waals surface area (Å²) < 4.78 is 34.2. The van der Waals surface area contributed by atoms with E-state index in [4.69, 9.17) is 4.74 Å². The number of hydrogen-bond donors (Lipinski definition) is 0. The summed E-state index contributed by atoms with van der Waals surface area (Å²) in [7, 11) is 0. The highest BCUT2D eigenvalue weighted by Gasteiger charge is 2.23. The molecule has 0 saturated carbocycles. The van der Waals surface area contributed by atoms with Crippen molar-refractivity contribution in [2.75, 3.05) is 32.8 Å². The number of nitrogens with zero attached hydrogens (tertiary/aromatic N) is 2. The third kappa shape index (κ3) is 5.99. The van der Waals surface area contributed by atoms with E-state index in [0.717, 1.165) is 19.6 Å². The summed E-state index contributed by atoms with van der Waals surface area (Å²) in [5, 5.41) is 0. The first kappa shape index (κ1) is 20.7. The van der Waals surface area contributed by atoms with Crippen molar-refractivity contribution in [2.24, 2.45) is 0 Å². The third-order valence-corrected chi connectivity index (χ3v) is 4.62. The topological polar surface area (TPSA) is 59.1 Å². The molecule has 3 rings (SSSR count). The lowest BCUT2D eigenvalue weighted by Gasteiger charge is -2.34. The van der Waals surface area contributed by atoms with Crippen LogP contribution in [0.25, 0.3) is 0 Å². The molecule has 1 aliphatic rings. The number of hydrogen-bond acceptors (Lipinski definition) is 5. The van der Waals surface area contributed by atoms with E-state index in [0.29, 0.717) is 13.1 Å². The zero-order valence-corrected chi connectivity index (χ0v) is 15.8. The number of alkyl halides is 2. The highest BCUT2D eigenvalue weighted by Crippen LogP contribution is 2.21. The molecule has 0 bridgehead atoms. The van der Waals surface area contributed by atoms with E-state index in [1.807, 2.05) is 18.2 Å². The van der Waals surface area contributed by atoms with Crippen LogP contribution in [0.5, 0.6) is 5.75 Å². The predicted octanol–water partition coefficient (Wildman–Crippen LogP) is 2.79. The second kappa shape index (κ2) is 9.97. The minimum absolute atomic E-state index is 0.145.